The van der Waals surface area contributed by atoms with E-state index in [2.05, 4.69) is 5.32 Å². The molecular formula is C12H22FNO2. The van der Waals surface area contributed by atoms with Crippen LogP contribution in [0.3, 0.4) is 0 Å². The average Bonchev–Trinajstić information content (AvgIpc) is 2.31. The van der Waals surface area contributed by atoms with Gasteiger partial charge in [0.1, 0.15) is 5.67 Å². The minimum atomic E-state index is -1.14. The normalized spacial score (nSPS) is 35.6. The topological polar surface area (TPSA) is 30.5 Å². The van der Waals surface area contributed by atoms with E-state index in [1.54, 1.807) is 6.92 Å². The Labute approximate surface area is 96.7 Å². The number of hydrogen-bond acceptors (Lipinski definition) is 3. The molecule has 0 aliphatic carbocycles. The van der Waals surface area contributed by atoms with Crippen LogP contribution in [0.1, 0.15) is 26.2 Å². The Morgan fingerprint density at radius 3 is 2.75 bits per heavy atom. The first kappa shape index (κ1) is 12.3. The van der Waals surface area contributed by atoms with Crippen LogP contribution in [0.25, 0.3) is 0 Å². The molecule has 16 heavy (non-hydrogen) atoms. The van der Waals surface area contributed by atoms with Gasteiger partial charge in [0.15, 0.2) is 0 Å². The van der Waals surface area contributed by atoms with Crippen LogP contribution in [0.4, 0.5) is 4.39 Å². The lowest BCUT2D eigenvalue weighted by atomic mass is 9.82. The zero-order valence-electron chi connectivity index (χ0n) is 10.0. The first-order valence-corrected chi connectivity index (χ1v) is 6.26. The summed E-state index contributed by atoms with van der Waals surface area (Å²) in [6.07, 6.45) is 2.46. The molecule has 3 atom stereocenters. The van der Waals surface area contributed by atoms with Gasteiger partial charge < -0.3 is 14.8 Å². The number of halogens is 1. The third kappa shape index (κ3) is 3.15. The van der Waals surface area contributed by atoms with Crippen molar-refractivity contribution >= 4 is 0 Å². The maximum absolute atomic E-state index is 14.6. The van der Waals surface area contributed by atoms with E-state index < -0.39 is 5.67 Å². The molecule has 3 unspecified atom stereocenters. The lowest BCUT2D eigenvalue weighted by molar-refractivity contribution is -0.0375. The van der Waals surface area contributed by atoms with Crippen molar-refractivity contribution in [3.05, 3.63) is 0 Å². The predicted octanol–water partition coefficient (Wildman–Crippen LogP) is 1.52. The van der Waals surface area contributed by atoms with Gasteiger partial charge in [0.05, 0.1) is 19.8 Å². The monoisotopic (exact) mass is 231 g/mol. The molecule has 1 N–H and O–H groups in total. The summed E-state index contributed by atoms with van der Waals surface area (Å²) in [4.78, 5) is 0. The summed E-state index contributed by atoms with van der Waals surface area (Å²) < 4.78 is 25.3. The van der Waals surface area contributed by atoms with Crippen LogP contribution in [0.5, 0.6) is 0 Å². The summed E-state index contributed by atoms with van der Waals surface area (Å²) >= 11 is 0. The lowest BCUT2D eigenvalue weighted by Crippen LogP contribution is -2.47. The molecule has 2 saturated heterocycles. The number of alkyl halides is 1. The molecule has 0 spiro atoms. The van der Waals surface area contributed by atoms with E-state index >= 15 is 0 Å². The van der Waals surface area contributed by atoms with Gasteiger partial charge in [0.2, 0.25) is 0 Å². The summed E-state index contributed by atoms with van der Waals surface area (Å²) in [5, 5.41) is 3.31. The highest BCUT2D eigenvalue weighted by Crippen LogP contribution is 2.33. The molecular weight excluding hydrogens is 209 g/mol. The second kappa shape index (κ2) is 5.43. The van der Waals surface area contributed by atoms with E-state index in [1.807, 2.05) is 0 Å². The highest BCUT2D eigenvalue weighted by Gasteiger charge is 2.38. The third-order valence-electron chi connectivity index (χ3n) is 3.66. The van der Waals surface area contributed by atoms with E-state index in [0.717, 1.165) is 32.6 Å². The Hall–Kier alpha value is -0.190. The van der Waals surface area contributed by atoms with Crippen LogP contribution in [0.15, 0.2) is 0 Å². The van der Waals surface area contributed by atoms with Crippen molar-refractivity contribution in [2.75, 3.05) is 33.0 Å². The van der Waals surface area contributed by atoms with Gasteiger partial charge in [-0.3, -0.25) is 0 Å². The molecule has 2 fully saturated rings. The van der Waals surface area contributed by atoms with Gasteiger partial charge >= 0.3 is 0 Å². The van der Waals surface area contributed by atoms with E-state index in [0.29, 0.717) is 19.6 Å². The fourth-order valence-electron chi connectivity index (χ4n) is 2.61. The first-order chi connectivity index (χ1) is 7.68. The van der Waals surface area contributed by atoms with E-state index in [-0.39, 0.29) is 12.0 Å². The fourth-order valence-corrected chi connectivity index (χ4v) is 2.61. The Morgan fingerprint density at radius 2 is 2.12 bits per heavy atom. The number of nitrogens with one attached hydrogen (secondary N) is 1. The second-order valence-corrected chi connectivity index (χ2v) is 5.12. The average molecular weight is 231 g/mol. The second-order valence-electron chi connectivity index (χ2n) is 5.12. The van der Waals surface area contributed by atoms with Gasteiger partial charge in [-0.25, -0.2) is 4.39 Å². The minimum Gasteiger partial charge on any atom is -0.381 e. The molecule has 0 saturated carbocycles. The highest BCUT2D eigenvalue weighted by atomic mass is 19.1. The third-order valence-corrected chi connectivity index (χ3v) is 3.66. The molecule has 0 aromatic heterocycles. The Balaban J connectivity index is 1.84. The van der Waals surface area contributed by atoms with E-state index in [4.69, 9.17) is 9.47 Å². The Bertz CT molecular complexity index is 211. The molecule has 0 amide bonds. The molecule has 2 rings (SSSR count). The standard InChI is InChI=1S/C12H22FNO2/c1-12(13,10-3-2-5-15-8-10)7-11-9-16-6-4-14-11/h10-11,14H,2-9H2,1H3. The number of morpholine rings is 1. The Morgan fingerprint density at radius 1 is 1.31 bits per heavy atom. The summed E-state index contributed by atoms with van der Waals surface area (Å²) in [5.74, 6) is 0.0463. The molecule has 0 bridgehead atoms. The molecule has 94 valence electrons. The zero-order valence-corrected chi connectivity index (χ0v) is 10.0. The van der Waals surface area contributed by atoms with Gasteiger partial charge in [-0.15, -0.1) is 0 Å². The smallest absolute Gasteiger partial charge is 0.114 e. The largest absolute Gasteiger partial charge is 0.381 e. The number of ether oxygens (including phenoxy) is 2. The fraction of sp³-hybridized carbons (Fsp3) is 1.00. The molecule has 0 aromatic rings. The molecule has 0 radical (unpaired) electrons. The quantitative estimate of drug-likeness (QED) is 0.799. The van der Waals surface area contributed by atoms with Crippen LogP contribution in [-0.2, 0) is 9.47 Å². The van der Waals surface area contributed by atoms with E-state index in [9.17, 15) is 4.39 Å². The van der Waals surface area contributed by atoms with Crippen molar-refractivity contribution in [2.24, 2.45) is 5.92 Å². The van der Waals surface area contributed by atoms with Crippen LogP contribution in [0.2, 0.25) is 0 Å². The van der Waals surface area contributed by atoms with Gasteiger partial charge in [-0.05, 0) is 26.2 Å². The molecule has 2 heterocycles. The van der Waals surface area contributed by atoms with Gasteiger partial charge in [0.25, 0.3) is 0 Å². The molecule has 2 aliphatic rings. The zero-order chi connectivity index (χ0) is 11.4. The summed E-state index contributed by atoms with van der Waals surface area (Å²) in [7, 11) is 0. The van der Waals surface area contributed by atoms with Gasteiger partial charge in [0, 0.05) is 25.1 Å². The summed E-state index contributed by atoms with van der Waals surface area (Å²) in [5.41, 5.74) is -1.14. The van der Waals surface area contributed by atoms with Crippen molar-refractivity contribution in [3.63, 3.8) is 0 Å². The number of rotatable bonds is 3. The van der Waals surface area contributed by atoms with Gasteiger partial charge in [-0.2, -0.15) is 0 Å². The summed E-state index contributed by atoms with van der Waals surface area (Å²) in [6, 6.07) is 0.158. The molecule has 4 heteroatoms. The van der Waals surface area contributed by atoms with Crippen LogP contribution in [0, 0.1) is 5.92 Å². The van der Waals surface area contributed by atoms with Gasteiger partial charge in [-0.1, -0.05) is 0 Å². The molecule has 0 aromatic carbocycles. The van der Waals surface area contributed by atoms with Crippen molar-refractivity contribution in [1.82, 2.24) is 5.32 Å². The van der Waals surface area contributed by atoms with Crippen molar-refractivity contribution in [1.29, 1.82) is 0 Å². The molecule has 2 aliphatic heterocycles. The maximum Gasteiger partial charge on any atom is 0.114 e. The predicted molar refractivity (Wildman–Crippen MR) is 60.3 cm³/mol. The lowest BCUT2D eigenvalue weighted by Gasteiger charge is -2.36. The van der Waals surface area contributed by atoms with Crippen molar-refractivity contribution < 1.29 is 13.9 Å². The van der Waals surface area contributed by atoms with Crippen LogP contribution in [-0.4, -0.2) is 44.7 Å². The summed E-state index contributed by atoms with van der Waals surface area (Å²) in [6.45, 7) is 5.28. The van der Waals surface area contributed by atoms with Crippen LogP contribution >= 0.6 is 0 Å². The Kier molecular flexibility index (Phi) is 4.16. The SMILES string of the molecule is CC(F)(CC1COCCN1)C1CCCOC1. The van der Waals surface area contributed by atoms with Crippen molar-refractivity contribution in [2.45, 2.75) is 37.9 Å². The van der Waals surface area contributed by atoms with Crippen LogP contribution < -0.4 is 5.32 Å². The maximum atomic E-state index is 14.6. The first-order valence-electron chi connectivity index (χ1n) is 6.26. The van der Waals surface area contributed by atoms with Crippen molar-refractivity contribution in [3.8, 4) is 0 Å². The minimum absolute atomic E-state index is 0.0463. The highest BCUT2D eigenvalue weighted by molar-refractivity contribution is 4.89. The molecule has 3 nitrogen and oxygen atoms in total. The van der Waals surface area contributed by atoms with E-state index in [1.165, 1.54) is 0 Å². The number of hydrogen-bond donors (Lipinski definition) is 1.